The fourth-order valence-corrected chi connectivity index (χ4v) is 6.09. The summed E-state index contributed by atoms with van der Waals surface area (Å²) in [6.07, 6.45) is 8.54. The molecule has 2 aliphatic carbocycles. The number of rotatable bonds is 7. The number of nitrogens with zero attached hydrogens (tertiary/aromatic N) is 5. The standard InChI is InChI=1S/C26H39N7O/c1-5-32(6-2)24(34)21-11-8-14-33(21)25-27-19-10-7-9-18(19)23(29-25)28-22-15-20(30-31-22)17-12-13-26(3,4)16-17/h15,17,21H,5-14,16H2,1-4H3,(H2,27,28,29,30,31)/t17-,21-/m0/s1. The number of aromatic amines is 1. The van der Waals surface area contributed by atoms with E-state index in [9.17, 15) is 4.79 Å². The van der Waals surface area contributed by atoms with Crippen LogP contribution in [0.3, 0.4) is 0 Å². The molecule has 1 saturated heterocycles. The summed E-state index contributed by atoms with van der Waals surface area (Å²) in [5.74, 6) is 3.08. The maximum atomic E-state index is 13.2. The van der Waals surface area contributed by atoms with Gasteiger partial charge in [-0.15, -0.1) is 0 Å². The summed E-state index contributed by atoms with van der Waals surface area (Å²) in [6.45, 7) is 11.1. The first-order valence-corrected chi connectivity index (χ1v) is 13.2. The third-order valence-electron chi connectivity index (χ3n) is 8.04. The molecule has 8 nitrogen and oxygen atoms in total. The van der Waals surface area contributed by atoms with E-state index in [1.807, 2.05) is 18.7 Å². The lowest BCUT2D eigenvalue weighted by molar-refractivity contribution is -0.132. The lowest BCUT2D eigenvalue weighted by Crippen LogP contribution is -2.46. The molecule has 2 fully saturated rings. The van der Waals surface area contributed by atoms with Crippen LogP contribution in [0.15, 0.2) is 6.07 Å². The van der Waals surface area contributed by atoms with E-state index >= 15 is 0 Å². The number of amides is 1. The van der Waals surface area contributed by atoms with Crippen LogP contribution < -0.4 is 10.2 Å². The second-order valence-electron chi connectivity index (χ2n) is 11.0. The van der Waals surface area contributed by atoms with Gasteiger partial charge in [0.1, 0.15) is 11.9 Å². The molecule has 2 N–H and O–H groups in total. The van der Waals surface area contributed by atoms with Gasteiger partial charge in [-0.25, -0.2) is 4.98 Å². The summed E-state index contributed by atoms with van der Waals surface area (Å²) < 4.78 is 0. The van der Waals surface area contributed by atoms with E-state index in [-0.39, 0.29) is 11.9 Å². The smallest absolute Gasteiger partial charge is 0.245 e. The van der Waals surface area contributed by atoms with E-state index in [1.54, 1.807) is 0 Å². The summed E-state index contributed by atoms with van der Waals surface area (Å²) >= 11 is 0. The summed E-state index contributed by atoms with van der Waals surface area (Å²) in [4.78, 5) is 27.1. The highest BCUT2D eigenvalue weighted by Crippen LogP contribution is 2.45. The predicted octanol–water partition coefficient (Wildman–Crippen LogP) is 4.56. The lowest BCUT2D eigenvalue weighted by Gasteiger charge is -2.29. The van der Waals surface area contributed by atoms with Crippen molar-refractivity contribution in [1.29, 1.82) is 0 Å². The van der Waals surface area contributed by atoms with Crippen LogP contribution in [-0.2, 0) is 17.6 Å². The number of hydrogen-bond donors (Lipinski definition) is 2. The lowest BCUT2D eigenvalue weighted by atomic mass is 9.90. The molecule has 0 bridgehead atoms. The van der Waals surface area contributed by atoms with Crippen molar-refractivity contribution in [3.8, 4) is 0 Å². The Morgan fingerprint density at radius 1 is 1.21 bits per heavy atom. The van der Waals surface area contributed by atoms with Gasteiger partial charge in [-0.2, -0.15) is 10.1 Å². The van der Waals surface area contributed by atoms with Crippen LogP contribution in [0.25, 0.3) is 0 Å². The van der Waals surface area contributed by atoms with Crippen molar-refractivity contribution < 1.29 is 4.79 Å². The molecular formula is C26H39N7O. The van der Waals surface area contributed by atoms with E-state index < -0.39 is 0 Å². The minimum absolute atomic E-state index is 0.171. The topological polar surface area (TPSA) is 90.0 Å². The highest BCUT2D eigenvalue weighted by atomic mass is 16.2. The zero-order valence-corrected chi connectivity index (χ0v) is 21.2. The van der Waals surface area contributed by atoms with Crippen LogP contribution in [0.5, 0.6) is 0 Å². The zero-order chi connectivity index (χ0) is 23.9. The third kappa shape index (κ3) is 4.39. The molecule has 0 radical (unpaired) electrons. The number of hydrogen-bond acceptors (Lipinski definition) is 6. The molecular weight excluding hydrogens is 426 g/mol. The van der Waals surface area contributed by atoms with Crippen molar-refractivity contribution in [2.24, 2.45) is 5.41 Å². The maximum absolute atomic E-state index is 13.2. The Morgan fingerprint density at radius 3 is 2.76 bits per heavy atom. The Hall–Kier alpha value is -2.64. The zero-order valence-electron chi connectivity index (χ0n) is 21.2. The van der Waals surface area contributed by atoms with Crippen molar-refractivity contribution in [2.75, 3.05) is 29.9 Å². The summed E-state index contributed by atoms with van der Waals surface area (Å²) in [5, 5.41) is 11.4. The fourth-order valence-electron chi connectivity index (χ4n) is 6.09. The molecule has 3 heterocycles. The van der Waals surface area contributed by atoms with E-state index in [2.05, 4.69) is 40.3 Å². The Bertz CT molecular complexity index is 1040. The average molecular weight is 466 g/mol. The van der Waals surface area contributed by atoms with Gasteiger partial charge < -0.3 is 15.1 Å². The minimum Gasteiger partial charge on any atom is -0.341 e. The molecule has 2 aromatic rings. The van der Waals surface area contributed by atoms with E-state index in [0.29, 0.717) is 17.3 Å². The maximum Gasteiger partial charge on any atom is 0.245 e. The second-order valence-corrected chi connectivity index (χ2v) is 11.0. The molecule has 34 heavy (non-hydrogen) atoms. The Kier molecular flexibility index (Phi) is 6.25. The van der Waals surface area contributed by atoms with Crippen LogP contribution in [0, 0.1) is 5.41 Å². The SMILES string of the molecule is CCN(CC)C(=O)[C@@H]1CCCN1c1nc2c(c(Nc3cc([C@H]4CCC(C)(C)C4)[nH]n3)n1)CCC2. The van der Waals surface area contributed by atoms with Gasteiger partial charge in [0, 0.05) is 42.9 Å². The molecule has 2 atom stereocenters. The molecule has 1 amide bonds. The minimum atomic E-state index is -0.171. The average Bonchev–Trinajstić information content (AvgIpc) is 3.60. The summed E-state index contributed by atoms with van der Waals surface area (Å²) in [7, 11) is 0. The highest BCUT2D eigenvalue weighted by molar-refractivity contribution is 5.85. The van der Waals surface area contributed by atoms with Crippen LogP contribution in [0.4, 0.5) is 17.6 Å². The van der Waals surface area contributed by atoms with E-state index in [0.717, 1.165) is 69.1 Å². The molecule has 1 aliphatic heterocycles. The highest BCUT2D eigenvalue weighted by Gasteiger charge is 2.36. The van der Waals surface area contributed by atoms with E-state index in [1.165, 1.54) is 30.5 Å². The van der Waals surface area contributed by atoms with Gasteiger partial charge in [-0.1, -0.05) is 13.8 Å². The molecule has 184 valence electrons. The molecule has 5 rings (SSSR count). The number of aryl methyl sites for hydroxylation is 1. The van der Waals surface area contributed by atoms with Crippen LogP contribution in [0.2, 0.25) is 0 Å². The Labute approximate surface area is 202 Å². The number of H-pyrrole nitrogens is 1. The molecule has 1 saturated carbocycles. The Morgan fingerprint density at radius 2 is 2.03 bits per heavy atom. The molecule has 8 heteroatoms. The van der Waals surface area contributed by atoms with Gasteiger partial charge >= 0.3 is 0 Å². The normalized spacial score (nSPS) is 23.4. The predicted molar refractivity (Wildman–Crippen MR) is 135 cm³/mol. The van der Waals surface area contributed by atoms with Gasteiger partial charge in [0.25, 0.3) is 0 Å². The van der Waals surface area contributed by atoms with Crippen molar-refractivity contribution in [3.05, 3.63) is 23.0 Å². The molecule has 0 unspecified atom stereocenters. The third-order valence-corrected chi connectivity index (χ3v) is 8.04. The number of nitrogens with one attached hydrogen (secondary N) is 2. The second kappa shape index (κ2) is 9.19. The van der Waals surface area contributed by atoms with Gasteiger partial charge in [-0.3, -0.25) is 9.89 Å². The van der Waals surface area contributed by atoms with Crippen molar-refractivity contribution in [3.63, 3.8) is 0 Å². The largest absolute Gasteiger partial charge is 0.341 e. The monoisotopic (exact) mass is 465 g/mol. The van der Waals surface area contributed by atoms with Crippen LogP contribution in [0.1, 0.15) is 89.1 Å². The summed E-state index contributed by atoms with van der Waals surface area (Å²) in [5.41, 5.74) is 3.92. The first kappa shape index (κ1) is 23.1. The number of aromatic nitrogens is 4. The fraction of sp³-hybridized carbons (Fsp3) is 0.692. The van der Waals surface area contributed by atoms with Gasteiger partial charge in [0.15, 0.2) is 5.82 Å². The first-order chi connectivity index (χ1) is 16.4. The summed E-state index contributed by atoms with van der Waals surface area (Å²) in [6, 6.07) is 1.98. The van der Waals surface area contributed by atoms with Crippen LogP contribution >= 0.6 is 0 Å². The molecule has 0 spiro atoms. The van der Waals surface area contributed by atoms with Gasteiger partial charge in [0.05, 0.1) is 5.69 Å². The van der Waals surface area contributed by atoms with Crippen LogP contribution in [-0.4, -0.2) is 56.6 Å². The number of fused-ring (bicyclic) bond motifs is 1. The molecule has 3 aliphatic rings. The van der Waals surface area contributed by atoms with Gasteiger partial charge in [-0.05, 0) is 70.6 Å². The quantitative estimate of drug-likeness (QED) is 0.623. The number of carbonyl (C=O) groups excluding carboxylic acids is 1. The number of anilines is 3. The van der Waals surface area contributed by atoms with Crippen molar-refractivity contribution >= 4 is 23.5 Å². The number of likely N-dealkylation sites (N-methyl/N-ethyl adjacent to an activating group) is 1. The van der Waals surface area contributed by atoms with E-state index in [4.69, 9.17) is 9.97 Å². The molecule has 0 aromatic carbocycles. The Balaban J connectivity index is 1.39. The number of carbonyl (C=O) groups is 1. The van der Waals surface area contributed by atoms with Crippen molar-refractivity contribution in [1.82, 2.24) is 25.1 Å². The first-order valence-electron chi connectivity index (χ1n) is 13.2. The van der Waals surface area contributed by atoms with Crippen molar-refractivity contribution in [2.45, 2.75) is 91.0 Å². The molecule has 2 aromatic heterocycles. The van der Waals surface area contributed by atoms with Gasteiger partial charge in [0.2, 0.25) is 11.9 Å².